The zero-order valence-corrected chi connectivity index (χ0v) is 14.5. The fourth-order valence-corrected chi connectivity index (χ4v) is 2.56. The molecule has 2 aromatic carbocycles. The summed E-state index contributed by atoms with van der Waals surface area (Å²) in [6.45, 7) is 0.638. The van der Waals surface area contributed by atoms with Crippen LogP contribution in [0.2, 0.25) is 0 Å². The maximum absolute atomic E-state index is 12.5. The molecule has 0 saturated heterocycles. The first-order valence-electron chi connectivity index (χ1n) is 8.28. The van der Waals surface area contributed by atoms with Crippen molar-refractivity contribution in [1.82, 2.24) is 14.7 Å². The lowest BCUT2D eigenvalue weighted by atomic mass is 10.1. The van der Waals surface area contributed by atoms with Crippen LogP contribution < -0.4 is 5.32 Å². The smallest absolute Gasteiger partial charge is 0.254 e. The zero-order valence-electron chi connectivity index (χ0n) is 14.5. The highest BCUT2D eigenvalue weighted by atomic mass is 16.2. The predicted molar refractivity (Wildman–Crippen MR) is 99.8 cm³/mol. The van der Waals surface area contributed by atoms with E-state index < -0.39 is 0 Å². The highest BCUT2D eigenvalue weighted by Gasteiger charge is 2.15. The minimum absolute atomic E-state index is 0.0111. The molecule has 0 saturated carbocycles. The third-order valence-corrected chi connectivity index (χ3v) is 3.89. The Morgan fingerprint density at radius 1 is 1.04 bits per heavy atom. The summed E-state index contributed by atoms with van der Waals surface area (Å²) in [7, 11) is 1.62. The molecule has 0 aliphatic carbocycles. The van der Waals surface area contributed by atoms with Crippen LogP contribution in [0.25, 0.3) is 0 Å². The molecule has 132 valence electrons. The van der Waals surface area contributed by atoms with Gasteiger partial charge in [0.25, 0.3) is 5.91 Å². The molecule has 1 heterocycles. The van der Waals surface area contributed by atoms with E-state index in [2.05, 4.69) is 10.4 Å². The molecular weight excluding hydrogens is 328 g/mol. The molecule has 6 heteroatoms. The van der Waals surface area contributed by atoms with Gasteiger partial charge in [-0.05, 0) is 35.9 Å². The minimum atomic E-state index is -0.234. The van der Waals surface area contributed by atoms with Crippen molar-refractivity contribution in [2.24, 2.45) is 0 Å². The number of hydrogen-bond acceptors (Lipinski definition) is 3. The van der Waals surface area contributed by atoms with Gasteiger partial charge in [0.15, 0.2) is 0 Å². The molecule has 0 aliphatic rings. The number of carbonyl (C=O) groups is 2. The first-order chi connectivity index (χ1) is 12.6. The van der Waals surface area contributed by atoms with Gasteiger partial charge in [0, 0.05) is 30.7 Å². The molecule has 1 N–H and O–H groups in total. The Bertz CT molecular complexity index is 859. The SMILES string of the molecule is CN(CC(=O)Nc1ccccc1)C(=O)c1ccc(Cn2cccn2)cc1. The monoisotopic (exact) mass is 348 g/mol. The summed E-state index contributed by atoms with van der Waals surface area (Å²) < 4.78 is 1.82. The number of anilines is 1. The van der Waals surface area contributed by atoms with Crippen LogP contribution >= 0.6 is 0 Å². The maximum atomic E-state index is 12.5. The Morgan fingerprint density at radius 2 is 1.77 bits per heavy atom. The first kappa shape index (κ1) is 17.4. The van der Waals surface area contributed by atoms with E-state index >= 15 is 0 Å². The minimum Gasteiger partial charge on any atom is -0.332 e. The molecule has 0 unspecified atom stereocenters. The highest BCUT2D eigenvalue weighted by Crippen LogP contribution is 2.09. The van der Waals surface area contributed by atoms with E-state index in [-0.39, 0.29) is 18.4 Å². The Morgan fingerprint density at radius 3 is 2.42 bits per heavy atom. The summed E-state index contributed by atoms with van der Waals surface area (Å²) >= 11 is 0. The number of aromatic nitrogens is 2. The number of carbonyl (C=O) groups excluding carboxylic acids is 2. The van der Waals surface area contributed by atoms with E-state index in [4.69, 9.17) is 0 Å². The van der Waals surface area contributed by atoms with Gasteiger partial charge >= 0.3 is 0 Å². The van der Waals surface area contributed by atoms with Crippen molar-refractivity contribution in [2.45, 2.75) is 6.54 Å². The Labute approximate surface area is 152 Å². The van der Waals surface area contributed by atoms with Gasteiger partial charge in [-0.25, -0.2) is 0 Å². The van der Waals surface area contributed by atoms with Crippen molar-refractivity contribution in [2.75, 3.05) is 18.9 Å². The molecule has 0 bridgehead atoms. The summed E-state index contributed by atoms with van der Waals surface area (Å²) in [4.78, 5) is 26.0. The normalized spacial score (nSPS) is 10.3. The maximum Gasteiger partial charge on any atom is 0.254 e. The number of para-hydroxylation sites is 1. The average molecular weight is 348 g/mol. The van der Waals surface area contributed by atoms with E-state index in [1.54, 1.807) is 37.5 Å². The predicted octanol–water partition coefficient (Wildman–Crippen LogP) is 2.64. The number of rotatable bonds is 6. The molecule has 3 aromatic rings. The fourth-order valence-electron chi connectivity index (χ4n) is 2.56. The second-order valence-corrected chi connectivity index (χ2v) is 5.98. The Kier molecular flexibility index (Phi) is 5.43. The molecule has 6 nitrogen and oxygen atoms in total. The third-order valence-electron chi connectivity index (χ3n) is 3.89. The van der Waals surface area contributed by atoms with Gasteiger partial charge in [-0.15, -0.1) is 0 Å². The average Bonchev–Trinajstić information content (AvgIpc) is 3.15. The van der Waals surface area contributed by atoms with E-state index in [1.807, 2.05) is 47.3 Å². The summed E-state index contributed by atoms with van der Waals surface area (Å²) in [5.41, 5.74) is 2.31. The van der Waals surface area contributed by atoms with Crippen LogP contribution in [0.3, 0.4) is 0 Å². The van der Waals surface area contributed by atoms with Crippen LogP contribution in [0.5, 0.6) is 0 Å². The van der Waals surface area contributed by atoms with Crippen molar-refractivity contribution in [3.63, 3.8) is 0 Å². The molecule has 0 spiro atoms. The van der Waals surface area contributed by atoms with Crippen LogP contribution in [0.15, 0.2) is 73.1 Å². The lowest BCUT2D eigenvalue weighted by Gasteiger charge is -2.17. The van der Waals surface area contributed by atoms with Gasteiger partial charge in [0.2, 0.25) is 5.91 Å². The number of hydrogen-bond donors (Lipinski definition) is 1. The molecular formula is C20H20N4O2. The molecule has 0 fully saturated rings. The number of benzene rings is 2. The molecule has 0 radical (unpaired) electrons. The van der Waals surface area contributed by atoms with Crippen molar-refractivity contribution in [1.29, 1.82) is 0 Å². The Hall–Kier alpha value is -3.41. The summed E-state index contributed by atoms with van der Waals surface area (Å²) in [6, 6.07) is 18.4. The van der Waals surface area contributed by atoms with Gasteiger partial charge in [0.1, 0.15) is 0 Å². The number of likely N-dealkylation sites (N-methyl/N-ethyl adjacent to an activating group) is 1. The van der Waals surface area contributed by atoms with Crippen molar-refractivity contribution >= 4 is 17.5 Å². The van der Waals surface area contributed by atoms with Crippen molar-refractivity contribution in [3.8, 4) is 0 Å². The summed E-state index contributed by atoms with van der Waals surface area (Å²) in [5.74, 6) is -0.429. The number of amides is 2. The van der Waals surface area contributed by atoms with Gasteiger partial charge in [0.05, 0.1) is 13.1 Å². The second-order valence-electron chi connectivity index (χ2n) is 5.98. The molecule has 26 heavy (non-hydrogen) atoms. The largest absolute Gasteiger partial charge is 0.332 e. The third kappa shape index (κ3) is 4.57. The quantitative estimate of drug-likeness (QED) is 0.745. The molecule has 0 atom stereocenters. The van der Waals surface area contributed by atoms with Crippen LogP contribution in [0, 0.1) is 0 Å². The van der Waals surface area contributed by atoms with Crippen LogP contribution in [0.4, 0.5) is 5.69 Å². The van der Waals surface area contributed by atoms with Crippen molar-refractivity contribution in [3.05, 3.63) is 84.2 Å². The standard InChI is InChI=1S/C20H20N4O2/c1-23(15-19(25)22-18-6-3-2-4-7-18)20(26)17-10-8-16(9-11-17)14-24-13-5-12-21-24/h2-13H,14-15H2,1H3,(H,22,25). The van der Waals surface area contributed by atoms with Gasteiger partial charge in [-0.1, -0.05) is 30.3 Å². The number of nitrogens with one attached hydrogen (secondary N) is 1. The topological polar surface area (TPSA) is 67.2 Å². The lowest BCUT2D eigenvalue weighted by molar-refractivity contribution is -0.116. The van der Waals surface area contributed by atoms with Crippen LogP contribution in [0.1, 0.15) is 15.9 Å². The fraction of sp³-hybridized carbons (Fsp3) is 0.150. The van der Waals surface area contributed by atoms with E-state index in [9.17, 15) is 9.59 Å². The lowest BCUT2D eigenvalue weighted by Crippen LogP contribution is -2.34. The van der Waals surface area contributed by atoms with E-state index in [1.165, 1.54) is 4.90 Å². The number of nitrogens with zero attached hydrogens (tertiary/aromatic N) is 3. The molecule has 0 aliphatic heterocycles. The van der Waals surface area contributed by atoms with Gasteiger partial charge in [-0.3, -0.25) is 14.3 Å². The summed E-state index contributed by atoms with van der Waals surface area (Å²) in [5, 5.41) is 6.93. The van der Waals surface area contributed by atoms with E-state index in [0.29, 0.717) is 17.8 Å². The van der Waals surface area contributed by atoms with Crippen LogP contribution in [-0.2, 0) is 11.3 Å². The van der Waals surface area contributed by atoms with Crippen LogP contribution in [-0.4, -0.2) is 40.1 Å². The molecule has 3 rings (SSSR count). The molecule has 1 aromatic heterocycles. The van der Waals surface area contributed by atoms with Crippen molar-refractivity contribution < 1.29 is 9.59 Å². The molecule has 2 amide bonds. The summed E-state index contributed by atoms with van der Waals surface area (Å²) in [6.07, 6.45) is 3.62. The second kappa shape index (κ2) is 8.11. The van der Waals surface area contributed by atoms with Gasteiger partial charge < -0.3 is 10.2 Å². The highest BCUT2D eigenvalue weighted by molar-refractivity contribution is 5.99. The van der Waals surface area contributed by atoms with E-state index in [0.717, 1.165) is 5.56 Å². The Balaban J connectivity index is 1.56. The zero-order chi connectivity index (χ0) is 18.4. The van der Waals surface area contributed by atoms with Gasteiger partial charge in [-0.2, -0.15) is 5.10 Å². The first-order valence-corrected chi connectivity index (χ1v) is 8.28.